The summed E-state index contributed by atoms with van der Waals surface area (Å²) < 4.78 is 68.1. The summed E-state index contributed by atoms with van der Waals surface area (Å²) in [5, 5.41) is 3.61. The molecule has 63 heavy (non-hydrogen) atoms. The topological polar surface area (TPSA) is 141 Å². The third-order valence-corrected chi connectivity index (χ3v) is 17.0. The van der Waals surface area contributed by atoms with Crippen molar-refractivity contribution in [1.29, 1.82) is 0 Å². The second-order valence-corrected chi connectivity index (χ2v) is 23.2. The zero-order chi connectivity index (χ0) is 44.5. The van der Waals surface area contributed by atoms with E-state index in [1.807, 2.05) is 121 Å². The fraction of sp³-hybridized carbons (Fsp3) is 0.510. The van der Waals surface area contributed by atoms with Gasteiger partial charge in [-0.15, -0.1) is 0 Å². The van der Waals surface area contributed by atoms with Crippen molar-refractivity contribution in [2.24, 2.45) is 5.11 Å². The van der Waals surface area contributed by atoms with Crippen molar-refractivity contribution in [3.05, 3.63) is 154 Å². The number of nitrogens with zero attached hydrogens (tertiary/aromatic N) is 3. The Kier molecular flexibility index (Phi) is 15.9. The zero-order valence-electron chi connectivity index (χ0n) is 37.5. The lowest BCUT2D eigenvalue weighted by molar-refractivity contribution is -0.354. The molecule has 2 bridgehead atoms. The first-order valence-electron chi connectivity index (χ1n) is 21.8. The van der Waals surface area contributed by atoms with Crippen LogP contribution in [0.5, 0.6) is 0 Å². The van der Waals surface area contributed by atoms with Crippen LogP contribution in [0.15, 0.2) is 126 Å². The zero-order valence-corrected chi connectivity index (χ0v) is 38.5. The lowest BCUT2D eigenvalue weighted by atomic mass is 9.95. The molecule has 0 radical (unpaired) electrons. The van der Waals surface area contributed by atoms with Crippen molar-refractivity contribution in [2.75, 3.05) is 20.3 Å². The highest BCUT2D eigenvalue weighted by molar-refractivity contribution is 6.73. The van der Waals surface area contributed by atoms with Gasteiger partial charge in [0.1, 0.15) is 42.7 Å². The number of azide groups is 1. The molecular formula is C49H63N3O10Si. The Morgan fingerprint density at radius 3 is 1.57 bits per heavy atom. The van der Waals surface area contributed by atoms with Crippen LogP contribution < -0.4 is 0 Å². The third-order valence-electron chi connectivity index (χ3n) is 11.9. The maximum Gasteiger partial charge on any atom is 0.349 e. The van der Waals surface area contributed by atoms with Crippen LogP contribution in [0.2, 0.25) is 10.1 Å². The molecule has 0 aliphatic carbocycles. The normalized spacial score (nSPS) is 28.4. The van der Waals surface area contributed by atoms with Crippen LogP contribution in [-0.2, 0) is 73.2 Å². The largest absolute Gasteiger partial charge is 0.391 e. The first kappa shape index (κ1) is 47.0. The molecular weight excluding hydrogens is 819 g/mol. The quantitative estimate of drug-likeness (QED) is 0.0436. The van der Waals surface area contributed by atoms with Crippen molar-refractivity contribution < 1.29 is 46.7 Å². The summed E-state index contributed by atoms with van der Waals surface area (Å²) in [5.41, 5.74) is 14.2. The summed E-state index contributed by atoms with van der Waals surface area (Å²) in [6, 6.07) is 38.6. The molecule has 0 saturated carbocycles. The minimum Gasteiger partial charge on any atom is -0.391 e. The van der Waals surface area contributed by atoms with Crippen LogP contribution in [0.4, 0.5) is 0 Å². The second kappa shape index (κ2) is 21.3. The Labute approximate surface area is 373 Å². The SMILES string of the molecule is CO[C@H]1O[C@H](COCc2ccccc2)[C@@H](OC2O[C@@H]3CO[Si](C(C)(C)C)(C(C)(C)C)O[C@@H]([C@@H]3OCc3ccccc3)[C@H]2N=[N+]=[N-])[C@H](OCc2ccccc2)[C@H]1OCc1ccccc1. The summed E-state index contributed by atoms with van der Waals surface area (Å²) in [6.07, 6.45) is -7.37. The van der Waals surface area contributed by atoms with Crippen LogP contribution in [-0.4, -0.2) is 90.2 Å². The van der Waals surface area contributed by atoms with Gasteiger partial charge in [-0.1, -0.05) is 168 Å². The molecule has 0 N–H and O–H groups in total. The molecule has 3 aliphatic rings. The molecule has 10 atom stereocenters. The van der Waals surface area contributed by atoms with Gasteiger partial charge in [0.25, 0.3) is 0 Å². The van der Waals surface area contributed by atoms with E-state index in [0.717, 1.165) is 22.3 Å². The standard InChI is InChI=1S/C49H63N3O10Si/c1-48(2,3)63(49(4,5)6)58-33-39-41(55-29-35-22-14-9-15-23-35)43(62-63)40(51-52-50)46(59-39)61-42-38(32-54-28-34-20-12-8-13-21-34)60-47(53-7)45(57-31-37-26-18-11-19-27-37)44(42)56-30-36-24-16-10-17-25-36/h8-27,38-47H,28-33H2,1-7H3/t38-,39-,40-,41-,42-,43-,44+,45-,46?,47+/m1/s1. The fourth-order valence-corrected chi connectivity index (χ4v) is 14.0. The monoisotopic (exact) mass is 881 g/mol. The van der Waals surface area contributed by atoms with Gasteiger partial charge in [-0.3, -0.25) is 0 Å². The van der Waals surface area contributed by atoms with Crippen LogP contribution in [0.1, 0.15) is 63.8 Å². The van der Waals surface area contributed by atoms with E-state index in [2.05, 4.69) is 51.6 Å². The summed E-state index contributed by atoms with van der Waals surface area (Å²) in [6.45, 7) is 14.3. The second-order valence-electron chi connectivity index (χ2n) is 18.4. The Balaban J connectivity index is 1.27. The molecule has 4 aromatic carbocycles. The van der Waals surface area contributed by atoms with Gasteiger partial charge >= 0.3 is 8.56 Å². The molecule has 0 amide bonds. The number of hydrogen-bond donors (Lipinski definition) is 0. The van der Waals surface area contributed by atoms with E-state index in [-0.39, 0.29) is 33.0 Å². The highest BCUT2D eigenvalue weighted by Crippen LogP contribution is 2.55. The number of benzene rings is 4. The smallest absolute Gasteiger partial charge is 0.349 e. The maximum atomic E-state index is 10.3. The van der Waals surface area contributed by atoms with Gasteiger partial charge < -0.3 is 46.7 Å². The number of ether oxygens (including phenoxy) is 8. The number of fused-ring (bicyclic) bond motifs is 2. The van der Waals surface area contributed by atoms with Gasteiger partial charge in [-0.05, 0) is 27.8 Å². The van der Waals surface area contributed by atoms with E-state index in [1.54, 1.807) is 7.11 Å². The van der Waals surface area contributed by atoms with E-state index in [0.29, 0.717) is 6.61 Å². The summed E-state index contributed by atoms with van der Waals surface area (Å²) in [4.78, 5) is 3.38. The summed E-state index contributed by atoms with van der Waals surface area (Å²) in [7, 11) is -1.64. The van der Waals surface area contributed by atoms with Gasteiger partial charge in [0.05, 0.1) is 45.7 Å². The number of rotatable bonds is 17. The predicted octanol–water partition coefficient (Wildman–Crippen LogP) is 9.58. The molecule has 7 rings (SSSR count). The highest BCUT2D eigenvalue weighted by atomic mass is 28.4. The average Bonchev–Trinajstić information content (AvgIpc) is 3.41. The van der Waals surface area contributed by atoms with Gasteiger partial charge in [-0.25, -0.2) is 0 Å². The fourth-order valence-electron chi connectivity index (χ4n) is 9.05. The van der Waals surface area contributed by atoms with Gasteiger partial charge in [0.2, 0.25) is 0 Å². The number of methoxy groups -OCH3 is 1. The maximum absolute atomic E-state index is 10.3. The Bertz CT molecular complexity index is 2020. The minimum atomic E-state index is -3.22. The lowest BCUT2D eigenvalue weighted by Gasteiger charge is -2.51. The van der Waals surface area contributed by atoms with E-state index in [4.69, 9.17) is 46.7 Å². The average molecular weight is 882 g/mol. The van der Waals surface area contributed by atoms with E-state index in [1.165, 1.54) is 0 Å². The van der Waals surface area contributed by atoms with E-state index >= 15 is 0 Å². The van der Waals surface area contributed by atoms with Gasteiger partial charge in [-0.2, -0.15) is 0 Å². The van der Waals surface area contributed by atoms with Crippen LogP contribution >= 0.6 is 0 Å². The molecule has 13 nitrogen and oxygen atoms in total. The Morgan fingerprint density at radius 1 is 0.619 bits per heavy atom. The van der Waals surface area contributed by atoms with Crippen molar-refractivity contribution in [3.8, 4) is 0 Å². The van der Waals surface area contributed by atoms with Crippen LogP contribution in [0.3, 0.4) is 0 Å². The highest BCUT2D eigenvalue weighted by Gasteiger charge is 2.65. The van der Waals surface area contributed by atoms with Crippen molar-refractivity contribution >= 4 is 8.56 Å². The van der Waals surface area contributed by atoms with Gasteiger partial charge in [0, 0.05) is 22.1 Å². The molecule has 3 aliphatic heterocycles. The molecule has 3 heterocycles. The van der Waals surface area contributed by atoms with Crippen molar-refractivity contribution in [3.63, 3.8) is 0 Å². The molecule has 338 valence electrons. The Hall–Kier alpha value is -3.99. The van der Waals surface area contributed by atoms with Crippen molar-refractivity contribution in [2.45, 2.75) is 139 Å². The number of hydrogen-bond acceptors (Lipinski definition) is 11. The summed E-state index contributed by atoms with van der Waals surface area (Å²) >= 11 is 0. The molecule has 0 aromatic heterocycles. The van der Waals surface area contributed by atoms with E-state index < -0.39 is 80.0 Å². The Morgan fingerprint density at radius 2 is 1.10 bits per heavy atom. The minimum absolute atomic E-state index is 0.105. The van der Waals surface area contributed by atoms with Crippen LogP contribution in [0, 0.1) is 0 Å². The van der Waals surface area contributed by atoms with Crippen molar-refractivity contribution in [1.82, 2.24) is 0 Å². The lowest BCUT2D eigenvalue weighted by Crippen LogP contribution is -2.66. The first-order valence-corrected chi connectivity index (χ1v) is 23.7. The van der Waals surface area contributed by atoms with E-state index in [9.17, 15) is 5.53 Å². The van der Waals surface area contributed by atoms with Crippen LogP contribution in [0.25, 0.3) is 10.4 Å². The summed E-state index contributed by atoms with van der Waals surface area (Å²) in [5.74, 6) is 0. The third kappa shape index (κ3) is 11.3. The molecule has 1 unspecified atom stereocenters. The van der Waals surface area contributed by atoms with Gasteiger partial charge in [0.15, 0.2) is 12.6 Å². The molecule has 14 heteroatoms. The molecule has 0 spiro atoms. The first-order chi connectivity index (χ1) is 30.4. The molecule has 3 fully saturated rings. The molecule has 3 saturated heterocycles. The predicted molar refractivity (Wildman–Crippen MR) is 239 cm³/mol. The molecule has 4 aromatic rings.